The first-order valence-corrected chi connectivity index (χ1v) is 11.0. The highest BCUT2D eigenvalue weighted by Crippen LogP contribution is 2.40. The first kappa shape index (κ1) is 19.0. The van der Waals surface area contributed by atoms with Crippen LogP contribution in [0.15, 0.2) is 30.3 Å². The molecule has 0 bridgehead atoms. The van der Waals surface area contributed by atoms with Crippen molar-refractivity contribution in [1.82, 2.24) is 0 Å². The third-order valence-electron chi connectivity index (χ3n) is 7.13. The Morgan fingerprint density at radius 2 is 1.24 bits per heavy atom. The normalized spacial score (nSPS) is 31.6. The van der Waals surface area contributed by atoms with Gasteiger partial charge in [0.15, 0.2) is 0 Å². The van der Waals surface area contributed by atoms with Crippen LogP contribution in [0, 0.1) is 23.7 Å². The summed E-state index contributed by atoms with van der Waals surface area (Å²) < 4.78 is 0. The summed E-state index contributed by atoms with van der Waals surface area (Å²) >= 11 is 0. The minimum Gasteiger partial charge on any atom is -0.388 e. The highest BCUT2D eigenvalue weighted by atomic mass is 16.3. The Hall–Kier alpha value is -0.820. The van der Waals surface area contributed by atoms with Crippen molar-refractivity contribution in [2.24, 2.45) is 23.7 Å². The Morgan fingerprint density at radius 3 is 1.76 bits per heavy atom. The number of hydrogen-bond donors (Lipinski definition) is 1. The predicted octanol–water partition coefficient (Wildman–Crippen LogP) is 6.91. The molecular weight excluding hydrogens is 304 g/mol. The molecule has 2 aliphatic rings. The van der Waals surface area contributed by atoms with Crippen molar-refractivity contribution in [2.45, 2.75) is 90.1 Å². The molecule has 1 atom stereocenters. The smallest absolute Gasteiger partial charge is 0.0818 e. The van der Waals surface area contributed by atoms with Crippen LogP contribution in [-0.4, -0.2) is 5.11 Å². The maximum atomic E-state index is 10.6. The predicted molar refractivity (Wildman–Crippen MR) is 106 cm³/mol. The molecule has 0 aromatic heterocycles. The van der Waals surface area contributed by atoms with Gasteiger partial charge in [-0.2, -0.15) is 0 Å². The van der Waals surface area contributed by atoms with Gasteiger partial charge in [-0.25, -0.2) is 0 Å². The van der Waals surface area contributed by atoms with Crippen LogP contribution in [0.25, 0.3) is 0 Å². The van der Waals surface area contributed by atoms with Gasteiger partial charge in [0, 0.05) is 0 Å². The van der Waals surface area contributed by atoms with Crippen LogP contribution in [0.1, 0.15) is 95.6 Å². The van der Waals surface area contributed by atoms with Crippen molar-refractivity contribution < 1.29 is 5.11 Å². The van der Waals surface area contributed by atoms with E-state index in [1.807, 2.05) is 18.2 Å². The molecule has 1 aromatic carbocycles. The fraction of sp³-hybridized carbons (Fsp3) is 0.750. The molecule has 1 unspecified atom stereocenters. The number of aliphatic hydroxyl groups excluding tert-OH is 1. The highest BCUT2D eigenvalue weighted by Gasteiger charge is 2.28. The molecule has 0 amide bonds. The summed E-state index contributed by atoms with van der Waals surface area (Å²) in [5.41, 5.74) is 1.11. The quantitative estimate of drug-likeness (QED) is 0.570. The average molecular weight is 343 g/mol. The zero-order valence-electron chi connectivity index (χ0n) is 16.2. The first-order valence-electron chi connectivity index (χ1n) is 11.0. The van der Waals surface area contributed by atoms with Crippen molar-refractivity contribution in [3.63, 3.8) is 0 Å². The van der Waals surface area contributed by atoms with Gasteiger partial charge in [-0.15, -0.1) is 0 Å². The van der Waals surface area contributed by atoms with Crippen LogP contribution in [0.2, 0.25) is 0 Å². The highest BCUT2D eigenvalue weighted by molar-refractivity contribution is 5.18. The fourth-order valence-electron chi connectivity index (χ4n) is 5.40. The van der Waals surface area contributed by atoms with Crippen molar-refractivity contribution in [2.75, 3.05) is 0 Å². The minimum absolute atomic E-state index is 0.254. The van der Waals surface area contributed by atoms with E-state index >= 15 is 0 Å². The van der Waals surface area contributed by atoms with Crippen molar-refractivity contribution in [1.29, 1.82) is 0 Å². The van der Waals surface area contributed by atoms with Crippen LogP contribution in [0.5, 0.6) is 0 Å². The van der Waals surface area contributed by atoms with E-state index in [1.54, 1.807) is 0 Å². The Kier molecular flexibility index (Phi) is 7.40. The van der Waals surface area contributed by atoms with Crippen molar-refractivity contribution in [3.8, 4) is 0 Å². The van der Waals surface area contributed by atoms with E-state index in [9.17, 15) is 5.11 Å². The minimum atomic E-state index is -0.254. The molecule has 0 radical (unpaired) electrons. The van der Waals surface area contributed by atoms with Crippen molar-refractivity contribution in [3.05, 3.63) is 35.9 Å². The molecule has 0 spiro atoms. The van der Waals surface area contributed by atoms with Crippen LogP contribution in [-0.2, 0) is 0 Å². The van der Waals surface area contributed by atoms with Gasteiger partial charge in [0.25, 0.3) is 0 Å². The topological polar surface area (TPSA) is 20.2 Å². The van der Waals surface area contributed by atoms with E-state index in [-0.39, 0.29) is 6.10 Å². The van der Waals surface area contributed by atoms with Gasteiger partial charge in [-0.05, 0) is 42.1 Å². The van der Waals surface area contributed by atoms with Crippen LogP contribution >= 0.6 is 0 Å². The lowest BCUT2D eigenvalue weighted by atomic mass is 9.73. The Labute approximate surface area is 155 Å². The molecule has 1 nitrogen and oxygen atoms in total. The Morgan fingerprint density at radius 1 is 0.760 bits per heavy atom. The third kappa shape index (κ3) is 5.58. The first-order chi connectivity index (χ1) is 12.3. The maximum Gasteiger partial charge on any atom is 0.0818 e. The molecule has 2 saturated carbocycles. The van der Waals surface area contributed by atoms with E-state index in [0.29, 0.717) is 5.92 Å². The maximum absolute atomic E-state index is 10.6. The lowest BCUT2D eigenvalue weighted by Crippen LogP contribution is -2.21. The van der Waals surface area contributed by atoms with E-state index in [2.05, 4.69) is 19.1 Å². The third-order valence-corrected chi connectivity index (χ3v) is 7.13. The van der Waals surface area contributed by atoms with Gasteiger partial charge in [0.05, 0.1) is 6.10 Å². The number of benzene rings is 1. The summed E-state index contributed by atoms with van der Waals surface area (Å²) in [6.45, 7) is 2.33. The Balaban J connectivity index is 1.34. The SMILES string of the molecule is CCC[C@H]1CC[C@H](CC[C@H]2CC[C@H](C(O)c3ccccc3)CC2)CC1. The zero-order valence-corrected chi connectivity index (χ0v) is 16.2. The molecule has 2 fully saturated rings. The van der Waals surface area contributed by atoms with Crippen LogP contribution in [0.3, 0.4) is 0 Å². The number of rotatable bonds is 7. The van der Waals surface area contributed by atoms with E-state index < -0.39 is 0 Å². The standard InChI is InChI=1S/C24H38O/c1-2-6-19-9-11-20(12-10-19)13-14-21-15-17-23(18-16-21)24(25)22-7-4-3-5-8-22/h3-5,7-8,19-21,23-25H,2,6,9-18H2,1H3/t19-,20-,21-,23-,24?. The van der Waals surface area contributed by atoms with Gasteiger partial charge >= 0.3 is 0 Å². The van der Waals surface area contributed by atoms with Gasteiger partial charge < -0.3 is 5.11 Å². The van der Waals surface area contributed by atoms with E-state index in [1.165, 1.54) is 77.0 Å². The monoisotopic (exact) mass is 342 g/mol. The van der Waals surface area contributed by atoms with E-state index in [0.717, 1.165) is 23.3 Å². The second-order valence-electron chi connectivity index (χ2n) is 8.89. The lowest BCUT2D eigenvalue weighted by molar-refractivity contribution is 0.0708. The summed E-state index contributed by atoms with van der Waals surface area (Å²) in [5, 5.41) is 10.6. The molecule has 1 N–H and O–H groups in total. The summed E-state index contributed by atoms with van der Waals surface area (Å²) in [5.74, 6) is 3.45. The number of hydrogen-bond acceptors (Lipinski definition) is 1. The summed E-state index contributed by atoms with van der Waals surface area (Å²) in [4.78, 5) is 0. The molecule has 1 aromatic rings. The van der Waals surface area contributed by atoms with Crippen LogP contribution < -0.4 is 0 Å². The summed E-state index contributed by atoms with van der Waals surface area (Å²) in [6.07, 6.45) is 16.5. The largest absolute Gasteiger partial charge is 0.388 e. The van der Waals surface area contributed by atoms with Gasteiger partial charge in [0.2, 0.25) is 0 Å². The Bertz CT molecular complexity index is 466. The second-order valence-corrected chi connectivity index (χ2v) is 8.89. The fourth-order valence-corrected chi connectivity index (χ4v) is 5.40. The second kappa shape index (κ2) is 9.76. The van der Waals surface area contributed by atoms with Gasteiger partial charge in [0.1, 0.15) is 0 Å². The van der Waals surface area contributed by atoms with Crippen molar-refractivity contribution >= 4 is 0 Å². The molecule has 0 aliphatic heterocycles. The molecular formula is C24H38O. The molecule has 1 heteroatoms. The molecule has 140 valence electrons. The lowest BCUT2D eigenvalue weighted by Gasteiger charge is -2.33. The van der Waals surface area contributed by atoms with E-state index in [4.69, 9.17) is 0 Å². The molecule has 0 heterocycles. The average Bonchev–Trinajstić information content (AvgIpc) is 2.68. The van der Waals surface area contributed by atoms with Gasteiger partial charge in [-0.3, -0.25) is 0 Å². The molecule has 25 heavy (non-hydrogen) atoms. The molecule has 2 aliphatic carbocycles. The van der Waals surface area contributed by atoms with Crippen LogP contribution in [0.4, 0.5) is 0 Å². The summed E-state index contributed by atoms with van der Waals surface area (Å²) in [7, 11) is 0. The molecule has 0 saturated heterocycles. The van der Waals surface area contributed by atoms with Gasteiger partial charge in [-0.1, -0.05) is 101 Å². The number of aliphatic hydroxyl groups is 1. The summed E-state index contributed by atoms with van der Waals surface area (Å²) in [6, 6.07) is 10.3. The zero-order chi connectivity index (χ0) is 17.5. The molecule has 3 rings (SSSR count).